The second-order valence-corrected chi connectivity index (χ2v) is 3.57. The Morgan fingerprint density at radius 1 is 1.47 bits per heavy atom. The van der Waals surface area contributed by atoms with E-state index in [9.17, 15) is 9.59 Å². The molecule has 2 unspecified atom stereocenters. The number of hydrogen-bond donors (Lipinski definition) is 3. The van der Waals surface area contributed by atoms with E-state index in [2.05, 4.69) is 5.32 Å². The average Bonchev–Trinajstić information content (AvgIpc) is 2.14. The van der Waals surface area contributed by atoms with Gasteiger partial charge in [-0.15, -0.1) is 0 Å². The summed E-state index contributed by atoms with van der Waals surface area (Å²) in [5, 5.41) is 11.6. The van der Waals surface area contributed by atoms with Crippen LogP contribution < -0.4 is 11.1 Å². The van der Waals surface area contributed by atoms with E-state index in [0.29, 0.717) is 19.4 Å². The van der Waals surface area contributed by atoms with Crippen LogP contribution in [0.1, 0.15) is 33.1 Å². The molecule has 1 amide bonds. The Hall–Kier alpha value is -0.940. The maximum Gasteiger partial charge on any atom is 0.223 e. The molecule has 0 aromatic rings. The molecular weight excluding hydrogens is 196 g/mol. The highest BCUT2D eigenvalue weighted by Crippen LogP contribution is 1.98. The van der Waals surface area contributed by atoms with Crippen molar-refractivity contribution in [3.8, 4) is 0 Å². The van der Waals surface area contributed by atoms with Crippen molar-refractivity contribution in [1.29, 1.82) is 0 Å². The summed E-state index contributed by atoms with van der Waals surface area (Å²) in [6.07, 6.45) is 0.135. The molecule has 0 bridgehead atoms. The predicted molar refractivity (Wildman–Crippen MR) is 57.2 cm³/mol. The van der Waals surface area contributed by atoms with Crippen LogP contribution in [-0.2, 0) is 9.59 Å². The van der Waals surface area contributed by atoms with Crippen LogP contribution in [0.25, 0.3) is 0 Å². The number of amides is 1. The molecule has 0 radical (unpaired) electrons. The number of carbonyl (C=O) groups excluding carboxylic acids is 2. The van der Waals surface area contributed by atoms with Crippen LogP contribution >= 0.6 is 0 Å². The summed E-state index contributed by atoms with van der Waals surface area (Å²) in [6.45, 7) is 3.62. The van der Waals surface area contributed by atoms with E-state index in [0.717, 1.165) is 0 Å². The molecule has 0 aliphatic carbocycles. The van der Waals surface area contributed by atoms with E-state index in [1.807, 2.05) is 0 Å². The van der Waals surface area contributed by atoms with Gasteiger partial charge in [0.15, 0.2) is 5.78 Å². The SMILES string of the molecule is CCC(=O)C(CCN)NC(=O)CC(C)O. The van der Waals surface area contributed by atoms with Crippen molar-refractivity contribution >= 4 is 11.7 Å². The van der Waals surface area contributed by atoms with E-state index in [-0.39, 0.29) is 18.1 Å². The molecule has 0 saturated heterocycles. The Bertz CT molecular complexity index is 217. The van der Waals surface area contributed by atoms with Crippen molar-refractivity contribution < 1.29 is 14.7 Å². The second kappa shape index (κ2) is 7.36. The minimum atomic E-state index is -0.694. The van der Waals surface area contributed by atoms with Crippen LogP contribution in [0.4, 0.5) is 0 Å². The second-order valence-electron chi connectivity index (χ2n) is 3.57. The molecule has 0 aliphatic rings. The van der Waals surface area contributed by atoms with Crippen molar-refractivity contribution in [3.63, 3.8) is 0 Å². The Morgan fingerprint density at radius 2 is 2.07 bits per heavy atom. The Kier molecular flexibility index (Phi) is 6.90. The Labute approximate surface area is 90.0 Å². The fourth-order valence-corrected chi connectivity index (χ4v) is 1.25. The molecule has 0 spiro atoms. The lowest BCUT2D eigenvalue weighted by Crippen LogP contribution is -2.42. The summed E-state index contributed by atoms with van der Waals surface area (Å²) in [7, 11) is 0. The predicted octanol–water partition coefficient (Wildman–Crippen LogP) is -0.430. The minimum absolute atomic E-state index is 0.0120. The van der Waals surface area contributed by atoms with Gasteiger partial charge in [-0.2, -0.15) is 0 Å². The van der Waals surface area contributed by atoms with E-state index >= 15 is 0 Å². The molecule has 88 valence electrons. The van der Waals surface area contributed by atoms with Crippen molar-refractivity contribution in [1.82, 2.24) is 5.32 Å². The first-order valence-electron chi connectivity index (χ1n) is 5.21. The summed E-state index contributed by atoms with van der Waals surface area (Å²) < 4.78 is 0. The molecule has 15 heavy (non-hydrogen) atoms. The lowest BCUT2D eigenvalue weighted by Gasteiger charge is -2.16. The molecule has 0 rings (SSSR count). The minimum Gasteiger partial charge on any atom is -0.393 e. The van der Waals surface area contributed by atoms with Gasteiger partial charge in [0.2, 0.25) is 5.91 Å². The quantitative estimate of drug-likeness (QED) is 0.538. The first-order valence-corrected chi connectivity index (χ1v) is 5.21. The van der Waals surface area contributed by atoms with Crippen molar-refractivity contribution in [2.45, 2.75) is 45.3 Å². The van der Waals surface area contributed by atoms with Crippen LogP contribution in [0.15, 0.2) is 0 Å². The third-order valence-corrected chi connectivity index (χ3v) is 2.01. The number of hydrogen-bond acceptors (Lipinski definition) is 4. The molecule has 0 aromatic heterocycles. The van der Waals surface area contributed by atoms with Crippen molar-refractivity contribution in [3.05, 3.63) is 0 Å². The molecule has 4 N–H and O–H groups in total. The number of aliphatic hydroxyl groups is 1. The zero-order chi connectivity index (χ0) is 11.8. The lowest BCUT2D eigenvalue weighted by atomic mass is 10.1. The molecule has 0 aromatic carbocycles. The number of nitrogens with one attached hydrogen (secondary N) is 1. The van der Waals surface area contributed by atoms with Crippen molar-refractivity contribution in [2.75, 3.05) is 6.54 Å². The standard InChI is InChI=1S/C10H20N2O3/c1-3-9(14)8(4-5-11)12-10(15)6-7(2)13/h7-8,13H,3-6,11H2,1-2H3,(H,12,15). The van der Waals surface area contributed by atoms with Gasteiger partial charge in [-0.1, -0.05) is 6.92 Å². The van der Waals surface area contributed by atoms with Gasteiger partial charge >= 0.3 is 0 Å². The van der Waals surface area contributed by atoms with E-state index in [4.69, 9.17) is 10.8 Å². The number of ketones is 1. The molecule has 0 saturated carbocycles. The average molecular weight is 216 g/mol. The highest BCUT2D eigenvalue weighted by molar-refractivity contribution is 5.88. The van der Waals surface area contributed by atoms with Gasteiger partial charge in [0.25, 0.3) is 0 Å². The number of nitrogens with two attached hydrogens (primary N) is 1. The zero-order valence-electron chi connectivity index (χ0n) is 9.32. The van der Waals surface area contributed by atoms with Crippen LogP contribution in [0.5, 0.6) is 0 Å². The molecule has 0 fully saturated rings. The summed E-state index contributed by atoms with van der Waals surface area (Å²) in [5.41, 5.74) is 5.35. The Balaban J connectivity index is 4.15. The third kappa shape index (κ3) is 6.19. The third-order valence-electron chi connectivity index (χ3n) is 2.01. The van der Waals surface area contributed by atoms with Crippen LogP contribution in [-0.4, -0.2) is 35.5 Å². The van der Waals surface area contributed by atoms with E-state index < -0.39 is 12.1 Å². The topological polar surface area (TPSA) is 92.4 Å². The number of aliphatic hydroxyl groups excluding tert-OH is 1. The molecule has 5 heteroatoms. The van der Waals surface area contributed by atoms with E-state index in [1.165, 1.54) is 6.92 Å². The largest absolute Gasteiger partial charge is 0.393 e. The maximum absolute atomic E-state index is 11.4. The van der Waals surface area contributed by atoms with Gasteiger partial charge in [-0.25, -0.2) is 0 Å². The fraction of sp³-hybridized carbons (Fsp3) is 0.800. The number of carbonyl (C=O) groups is 2. The smallest absolute Gasteiger partial charge is 0.223 e. The van der Waals surface area contributed by atoms with Gasteiger partial charge in [-0.3, -0.25) is 9.59 Å². The highest BCUT2D eigenvalue weighted by atomic mass is 16.3. The summed E-state index contributed by atoms with van der Waals surface area (Å²) in [5.74, 6) is -0.343. The maximum atomic E-state index is 11.4. The van der Waals surface area contributed by atoms with Gasteiger partial charge < -0.3 is 16.2 Å². The Morgan fingerprint density at radius 3 is 2.47 bits per heavy atom. The molecule has 0 aliphatic heterocycles. The van der Waals surface area contributed by atoms with Crippen LogP contribution in [0.2, 0.25) is 0 Å². The first kappa shape index (κ1) is 14.1. The zero-order valence-corrected chi connectivity index (χ0v) is 9.32. The summed E-state index contributed by atoms with van der Waals surface area (Å²) in [4.78, 5) is 22.7. The first-order chi connectivity index (χ1) is 7.01. The van der Waals surface area contributed by atoms with Gasteiger partial charge in [0, 0.05) is 6.42 Å². The van der Waals surface area contributed by atoms with Crippen molar-refractivity contribution in [2.24, 2.45) is 5.73 Å². The molecule has 5 nitrogen and oxygen atoms in total. The monoisotopic (exact) mass is 216 g/mol. The van der Waals surface area contributed by atoms with Crippen LogP contribution in [0.3, 0.4) is 0 Å². The van der Waals surface area contributed by atoms with Gasteiger partial charge in [0.1, 0.15) is 0 Å². The van der Waals surface area contributed by atoms with E-state index in [1.54, 1.807) is 6.92 Å². The van der Waals surface area contributed by atoms with Gasteiger partial charge in [0.05, 0.1) is 18.6 Å². The lowest BCUT2D eigenvalue weighted by molar-refractivity contribution is -0.128. The molecular formula is C10H20N2O3. The highest BCUT2D eigenvalue weighted by Gasteiger charge is 2.18. The molecule has 2 atom stereocenters. The number of Topliss-reactive ketones (excluding diaryl/α,β-unsaturated/α-hetero) is 1. The van der Waals surface area contributed by atoms with Gasteiger partial charge in [-0.05, 0) is 19.9 Å². The normalized spacial score (nSPS) is 14.4. The summed E-state index contributed by atoms with van der Waals surface area (Å²) >= 11 is 0. The van der Waals surface area contributed by atoms with Crippen LogP contribution in [0, 0.1) is 0 Å². The fourth-order valence-electron chi connectivity index (χ4n) is 1.25. The summed E-state index contributed by atoms with van der Waals surface area (Å²) in [6, 6.07) is -0.508. The molecule has 0 heterocycles. The number of rotatable bonds is 7.